The first-order chi connectivity index (χ1) is 13.3. The maximum absolute atomic E-state index is 13.0. The number of anilines is 1. The molecule has 5 nitrogen and oxygen atoms in total. The highest BCUT2D eigenvalue weighted by Crippen LogP contribution is 2.30. The van der Waals surface area contributed by atoms with Gasteiger partial charge in [0.2, 0.25) is 0 Å². The smallest absolute Gasteiger partial charge is 0.274 e. The van der Waals surface area contributed by atoms with Gasteiger partial charge in [-0.25, -0.2) is 4.98 Å². The summed E-state index contributed by atoms with van der Waals surface area (Å²) >= 11 is 1.51. The van der Waals surface area contributed by atoms with Crippen molar-refractivity contribution in [2.24, 2.45) is 0 Å². The van der Waals surface area contributed by atoms with Crippen LogP contribution in [0.2, 0.25) is 0 Å². The van der Waals surface area contributed by atoms with Gasteiger partial charge in [-0.15, -0.1) is 11.3 Å². The van der Waals surface area contributed by atoms with E-state index in [1.54, 1.807) is 12.6 Å². The Bertz CT molecular complexity index is 918. The van der Waals surface area contributed by atoms with Crippen LogP contribution in [0.5, 0.6) is 5.75 Å². The van der Waals surface area contributed by atoms with Gasteiger partial charge in [0.15, 0.2) is 0 Å². The number of amides is 1. The van der Waals surface area contributed by atoms with E-state index in [9.17, 15) is 4.79 Å². The molecule has 0 radical (unpaired) electrons. The summed E-state index contributed by atoms with van der Waals surface area (Å²) in [6.07, 6.45) is 0. The summed E-state index contributed by atoms with van der Waals surface area (Å²) in [6.45, 7) is 2.89. The third-order valence-electron chi connectivity index (χ3n) is 4.80. The first kappa shape index (κ1) is 17.5. The Hall–Kier alpha value is -2.86. The molecule has 1 aromatic heterocycles. The van der Waals surface area contributed by atoms with E-state index in [-0.39, 0.29) is 5.91 Å². The van der Waals surface area contributed by atoms with Crippen molar-refractivity contribution in [3.63, 3.8) is 0 Å². The lowest BCUT2D eigenvalue weighted by molar-refractivity contribution is 0.0742. The normalized spacial score (nSPS) is 14.3. The van der Waals surface area contributed by atoms with Crippen LogP contribution < -0.4 is 9.64 Å². The van der Waals surface area contributed by atoms with Crippen LogP contribution >= 0.6 is 11.3 Å². The second kappa shape index (κ2) is 7.80. The van der Waals surface area contributed by atoms with Crippen LogP contribution in [-0.4, -0.2) is 49.1 Å². The summed E-state index contributed by atoms with van der Waals surface area (Å²) in [5, 5.41) is 0. The molecule has 138 valence electrons. The minimum atomic E-state index is 0.00906. The van der Waals surface area contributed by atoms with Crippen molar-refractivity contribution in [2.45, 2.75) is 0 Å². The van der Waals surface area contributed by atoms with Gasteiger partial charge in [-0.2, -0.15) is 0 Å². The van der Waals surface area contributed by atoms with E-state index in [1.165, 1.54) is 11.3 Å². The zero-order chi connectivity index (χ0) is 18.6. The molecular weight excluding hydrogens is 358 g/mol. The number of aromatic nitrogens is 1. The average Bonchev–Trinajstić information content (AvgIpc) is 3.24. The molecule has 27 heavy (non-hydrogen) atoms. The molecule has 0 atom stereocenters. The van der Waals surface area contributed by atoms with Gasteiger partial charge in [-0.1, -0.05) is 42.5 Å². The largest absolute Gasteiger partial charge is 0.495 e. The van der Waals surface area contributed by atoms with Crippen LogP contribution in [0, 0.1) is 0 Å². The van der Waals surface area contributed by atoms with Crippen LogP contribution in [0.1, 0.15) is 10.5 Å². The monoisotopic (exact) mass is 379 g/mol. The highest BCUT2D eigenvalue weighted by molar-refractivity contribution is 7.13. The Morgan fingerprint density at radius 1 is 1.00 bits per heavy atom. The molecule has 4 rings (SSSR count). The zero-order valence-electron chi connectivity index (χ0n) is 15.2. The zero-order valence-corrected chi connectivity index (χ0v) is 16.0. The number of carbonyl (C=O) groups excluding carboxylic acids is 1. The number of methoxy groups -OCH3 is 1. The Labute approximate surface area is 162 Å². The predicted molar refractivity (Wildman–Crippen MR) is 109 cm³/mol. The summed E-state index contributed by atoms with van der Waals surface area (Å²) in [4.78, 5) is 22.5. The standard InChI is InChI=1S/C21H21N3O2S/c1-26-18-10-6-5-9-17(18)23-11-13-24(14-12-23)21(25)19-20(27-15-22-19)16-7-3-2-4-8-16/h2-10,15H,11-14H2,1H3. The maximum Gasteiger partial charge on any atom is 0.274 e. The predicted octanol–water partition coefficient (Wildman–Crippen LogP) is 3.78. The summed E-state index contributed by atoms with van der Waals surface area (Å²) in [6, 6.07) is 18.0. The molecular formula is C21H21N3O2S. The van der Waals surface area contributed by atoms with Crippen molar-refractivity contribution >= 4 is 22.9 Å². The van der Waals surface area contributed by atoms with Crippen molar-refractivity contribution in [3.8, 4) is 16.2 Å². The topological polar surface area (TPSA) is 45.7 Å². The molecule has 1 aliphatic heterocycles. The van der Waals surface area contributed by atoms with Crippen LogP contribution in [0.3, 0.4) is 0 Å². The quantitative estimate of drug-likeness (QED) is 0.692. The summed E-state index contributed by atoms with van der Waals surface area (Å²) < 4.78 is 5.47. The number of rotatable bonds is 4. The van der Waals surface area contributed by atoms with Gasteiger partial charge in [0.25, 0.3) is 5.91 Å². The van der Waals surface area contributed by atoms with Crippen molar-refractivity contribution in [3.05, 3.63) is 65.8 Å². The van der Waals surface area contributed by atoms with Crippen LogP contribution in [0.25, 0.3) is 10.4 Å². The van der Waals surface area contributed by atoms with E-state index < -0.39 is 0 Å². The number of benzene rings is 2. The molecule has 2 heterocycles. The van der Waals surface area contributed by atoms with Crippen molar-refractivity contribution in [1.29, 1.82) is 0 Å². The van der Waals surface area contributed by atoms with Gasteiger partial charge in [-0.05, 0) is 17.7 Å². The van der Waals surface area contributed by atoms with E-state index in [0.29, 0.717) is 18.8 Å². The molecule has 2 aromatic carbocycles. The molecule has 0 bridgehead atoms. The van der Waals surface area contributed by atoms with Gasteiger partial charge in [0.1, 0.15) is 11.4 Å². The molecule has 1 saturated heterocycles. The summed E-state index contributed by atoms with van der Waals surface area (Å²) in [5.74, 6) is 0.873. The molecule has 0 saturated carbocycles. The number of thiazole rings is 1. The van der Waals surface area contributed by atoms with Crippen LogP contribution in [0.4, 0.5) is 5.69 Å². The fourth-order valence-corrected chi connectivity index (χ4v) is 4.17. The highest BCUT2D eigenvalue weighted by Gasteiger charge is 2.26. The van der Waals surface area contributed by atoms with Gasteiger partial charge < -0.3 is 14.5 Å². The second-order valence-corrected chi connectivity index (χ2v) is 7.20. The van der Waals surface area contributed by atoms with Gasteiger partial charge in [-0.3, -0.25) is 4.79 Å². The molecule has 1 aliphatic rings. The molecule has 0 unspecified atom stereocenters. The van der Waals surface area contributed by atoms with Gasteiger partial charge in [0.05, 0.1) is 23.2 Å². The third kappa shape index (κ3) is 3.53. The third-order valence-corrected chi connectivity index (χ3v) is 5.67. The fraction of sp³-hybridized carbons (Fsp3) is 0.238. The highest BCUT2D eigenvalue weighted by atomic mass is 32.1. The van der Waals surface area contributed by atoms with Crippen molar-refractivity contribution in [2.75, 3.05) is 38.2 Å². The van der Waals surface area contributed by atoms with Crippen LogP contribution in [0.15, 0.2) is 60.1 Å². The lowest BCUT2D eigenvalue weighted by atomic mass is 10.1. The first-order valence-corrected chi connectivity index (χ1v) is 9.82. The lowest BCUT2D eigenvalue weighted by Gasteiger charge is -2.36. The Kier molecular flexibility index (Phi) is 5.07. The minimum absolute atomic E-state index is 0.00906. The van der Waals surface area contributed by atoms with Crippen molar-refractivity contribution in [1.82, 2.24) is 9.88 Å². The molecule has 0 aliphatic carbocycles. The molecule has 0 N–H and O–H groups in total. The lowest BCUT2D eigenvalue weighted by Crippen LogP contribution is -2.49. The molecule has 0 spiro atoms. The van der Waals surface area contributed by atoms with E-state index >= 15 is 0 Å². The van der Waals surface area contributed by atoms with E-state index in [4.69, 9.17) is 4.74 Å². The van der Waals surface area contributed by atoms with E-state index in [1.807, 2.05) is 53.4 Å². The number of para-hydroxylation sites is 2. The number of ether oxygens (including phenoxy) is 1. The Morgan fingerprint density at radius 3 is 2.44 bits per heavy atom. The van der Waals surface area contributed by atoms with Gasteiger partial charge >= 0.3 is 0 Å². The van der Waals surface area contributed by atoms with Crippen molar-refractivity contribution < 1.29 is 9.53 Å². The number of piperazine rings is 1. The second-order valence-electron chi connectivity index (χ2n) is 6.35. The van der Waals surface area contributed by atoms with Crippen LogP contribution in [-0.2, 0) is 0 Å². The molecule has 1 amide bonds. The average molecular weight is 379 g/mol. The SMILES string of the molecule is COc1ccccc1N1CCN(C(=O)c2ncsc2-c2ccccc2)CC1. The summed E-state index contributed by atoms with van der Waals surface area (Å²) in [5.41, 5.74) is 4.42. The Balaban J connectivity index is 1.48. The Morgan fingerprint density at radius 2 is 1.70 bits per heavy atom. The fourth-order valence-electron chi connectivity index (χ4n) is 3.38. The minimum Gasteiger partial charge on any atom is -0.495 e. The van der Waals surface area contributed by atoms with E-state index in [2.05, 4.69) is 16.0 Å². The number of hydrogen-bond acceptors (Lipinski definition) is 5. The van der Waals surface area contributed by atoms with Gasteiger partial charge in [0, 0.05) is 26.2 Å². The summed E-state index contributed by atoms with van der Waals surface area (Å²) in [7, 11) is 1.69. The maximum atomic E-state index is 13.0. The number of hydrogen-bond donors (Lipinski definition) is 0. The molecule has 6 heteroatoms. The first-order valence-electron chi connectivity index (χ1n) is 8.94. The molecule has 1 fully saturated rings. The molecule has 3 aromatic rings. The number of carbonyl (C=O) groups is 1. The number of nitrogens with zero attached hydrogens (tertiary/aromatic N) is 3. The van der Waals surface area contributed by atoms with E-state index in [0.717, 1.165) is 35.0 Å².